The molecule has 21 heavy (non-hydrogen) atoms. The van der Waals surface area contributed by atoms with Gasteiger partial charge in [0, 0.05) is 17.5 Å². The van der Waals surface area contributed by atoms with E-state index in [4.69, 9.17) is 18.0 Å². The summed E-state index contributed by atoms with van der Waals surface area (Å²) in [6.07, 6.45) is 2.18. The topological polar surface area (TPSA) is 85.1 Å². The van der Waals surface area contributed by atoms with Crippen LogP contribution in [0.3, 0.4) is 0 Å². The number of aryl methyl sites for hydroxylation is 1. The van der Waals surface area contributed by atoms with E-state index in [1.54, 1.807) is 30.5 Å². The second kappa shape index (κ2) is 6.61. The highest BCUT2D eigenvalue weighted by atomic mass is 32.2. The van der Waals surface area contributed by atoms with Crippen molar-refractivity contribution in [2.45, 2.75) is 24.8 Å². The Morgan fingerprint density at radius 2 is 2.05 bits per heavy atom. The number of hydrogen-bond donors (Lipinski definition) is 2. The van der Waals surface area contributed by atoms with Gasteiger partial charge in [-0.15, -0.1) is 11.3 Å². The number of nitrogens with one attached hydrogen (secondary N) is 1. The quantitative estimate of drug-likeness (QED) is 0.782. The van der Waals surface area contributed by atoms with Crippen molar-refractivity contribution in [3.05, 3.63) is 45.9 Å². The molecule has 0 radical (unpaired) electrons. The Morgan fingerprint density at radius 3 is 2.57 bits per heavy atom. The van der Waals surface area contributed by atoms with Crippen LogP contribution in [0, 0.1) is 6.92 Å². The van der Waals surface area contributed by atoms with Gasteiger partial charge in [-0.25, -0.2) is 18.1 Å². The van der Waals surface area contributed by atoms with E-state index in [-0.39, 0.29) is 11.4 Å². The molecule has 8 heteroatoms. The first-order chi connectivity index (χ1) is 9.87. The van der Waals surface area contributed by atoms with E-state index in [1.807, 2.05) is 6.92 Å². The lowest BCUT2D eigenvalue weighted by atomic mass is 10.1. The summed E-state index contributed by atoms with van der Waals surface area (Å²) in [4.78, 5) is 5.76. The van der Waals surface area contributed by atoms with Crippen molar-refractivity contribution in [1.29, 1.82) is 0 Å². The average Bonchev–Trinajstić information content (AvgIpc) is 2.82. The standard InChI is InChI=1S/C13H15N3O2S3/c1-9-7-15-13(20-9)8-16-21(17,18)11-4-2-10(3-5-11)6-12(14)19/h2-5,7,16H,6,8H2,1H3,(H2,14,19). The van der Waals surface area contributed by atoms with Crippen LogP contribution in [0.4, 0.5) is 0 Å². The van der Waals surface area contributed by atoms with E-state index in [0.717, 1.165) is 15.4 Å². The lowest BCUT2D eigenvalue weighted by molar-refractivity contribution is 0.581. The number of nitrogens with zero attached hydrogens (tertiary/aromatic N) is 1. The van der Waals surface area contributed by atoms with Gasteiger partial charge in [0.15, 0.2) is 0 Å². The molecule has 3 N–H and O–H groups in total. The summed E-state index contributed by atoms with van der Waals surface area (Å²) < 4.78 is 26.9. The fraction of sp³-hybridized carbons (Fsp3) is 0.231. The van der Waals surface area contributed by atoms with E-state index in [9.17, 15) is 8.42 Å². The van der Waals surface area contributed by atoms with Crippen molar-refractivity contribution in [3.8, 4) is 0 Å². The van der Waals surface area contributed by atoms with Gasteiger partial charge in [0.2, 0.25) is 10.0 Å². The molecule has 0 saturated carbocycles. The summed E-state index contributed by atoms with van der Waals surface area (Å²) in [5.74, 6) is 0. The maximum absolute atomic E-state index is 12.2. The van der Waals surface area contributed by atoms with Crippen LogP contribution in [-0.4, -0.2) is 18.4 Å². The van der Waals surface area contributed by atoms with Crippen LogP contribution >= 0.6 is 23.6 Å². The van der Waals surface area contributed by atoms with Gasteiger partial charge in [-0.1, -0.05) is 24.4 Å². The molecule has 0 spiro atoms. The number of thiazole rings is 1. The zero-order valence-corrected chi connectivity index (χ0v) is 13.8. The molecule has 112 valence electrons. The average molecular weight is 341 g/mol. The van der Waals surface area contributed by atoms with E-state index in [2.05, 4.69) is 9.71 Å². The van der Waals surface area contributed by atoms with Gasteiger partial charge in [0.1, 0.15) is 5.01 Å². The minimum atomic E-state index is -3.54. The molecule has 0 bridgehead atoms. The fourth-order valence-corrected chi connectivity index (χ4v) is 3.68. The molecule has 0 saturated heterocycles. The molecule has 0 aliphatic heterocycles. The lowest BCUT2D eigenvalue weighted by Gasteiger charge is -2.06. The minimum Gasteiger partial charge on any atom is -0.393 e. The third-order valence-electron chi connectivity index (χ3n) is 2.69. The first-order valence-electron chi connectivity index (χ1n) is 6.15. The molecule has 1 aromatic carbocycles. The van der Waals surface area contributed by atoms with Crippen LogP contribution in [0.1, 0.15) is 15.4 Å². The van der Waals surface area contributed by atoms with Crippen LogP contribution in [0.15, 0.2) is 35.4 Å². The smallest absolute Gasteiger partial charge is 0.240 e. The number of aromatic nitrogens is 1. The van der Waals surface area contributed by atoms with Gasteiger partial charge in [-0.2, -0.15) is 0 Å². The molecular weight excluding hydrogens is 326 g/mol. The number of hydrogen-bond acceptors (Lipinski definition) is 5. The molecule has 0 unspecified atom stereocenters. The van der Waals surface area contributed by atoms with Crippen molar-refractivity contribution in [3.63, 3.8) is 0 Å². The highest BCUT2D eigenvalue weighted by Crippen LogP contribution is 2.14. The molecule has 2 rings (SSSR count). The van der Waals surface area contributed by atoms with Crippen LogP contribution in [0.25, 0.3) is 0 Å². The van der Waals surface area contributed by atoms with Crippen LogP contribution in [0.5, 0.6) is 0 Å². The van der Waals surface area contributed by atoms with Crippen molar-refractivity contribution in [2.24, 2.45) is 5.73 Å². The maximum atomic E-state index is 12.2. The molecular formula is C13H15N3O2S3. The SMILES string of the molecule is Cc1cnc(CNS(=O)(=O)c2ccc(CC(N)=S)cc2)s1. The fourth-order valence-electron chi connectivity index (χ4n) is 1.71. The van der Waals surface area contributed by atoms with Crippen LogP contribution < -0.4 is 10.5 Å². The number of nitrogens with two attached hydrogens (primary N) is 1. The molecule has 1 aromatic heterocycles. The summed E-state index contributed by atoms with van der Waals surface area (Å²) in [5, 5.41) is 0.737. The Bertz CT molecular complexity index is 736. The number of rotatable bonds is 6. The summed E-state index contributed by atoms with van der Waals surface area (Å²) in [7, 11) is -3.54. The summed E-state index contributed by atoms with van der Waals surface area (Å²) in [6.45, 7) is 2.12. The Hall–Kier alpha value is -1.35. The van der Waals surface area contributed by atoms with Gasteiger partial charge in [0.05, 0.1) is 16.4 Å². The van der Waals surface area contributed by atoms with Crippen molar-refractivity contribution < 1.29 is 8.42 Å². The summed E-state index contributed by atoms with van der Waals surface area (Å²) >= 11 is 6.29. The number of benzene rings is 1. The molecule has 0 aliphatic carbocycles. The van der Waals surface area contributed by atoms with Gasteiger partial charge in [0.25, 0.3) is 0 Å². The van der Waals surface area contributed by atoms with Crippen molar-refractivity contribution in [1.82, 2.24) is 9.71 Å². The monoisotopic (exact) mass is 341 g/mol. The lowest BCUT2D eigenvalue weighted by Crippen LogP contribution is -2.23. The largest absolute Gasteiger partial charge is 0.393 e. The number of sulfonamides is 1. The molecule has 0 atom stereocenters. The van der Waals surface area contributed by atoms with Gasteiger partial charge in [-0.3, -0.25) is 0 Å². The Kier molecular flexibility index (Phi) is 5.04. The third kappa shape index (κ3) is 4.57. The van der Waals surface area contributed by atoms with Gasteiger partial charge in [-0.05, 0) is 24.6 Å². The zero-order chi connectivity index (χ0) is 15.5. The molecule has 0 aliphatic rings. The Labute approximate surface area is 133 Å². The summed E-state index contributed by atoms with van der Waals surface area (Å²) in [5.41, 5.74) is 6.34. The normalized spacial score (nSPS) is 11.5. The van der Waals surface area contributed by atoms with Crippen LogP contribution in [0.2, 0.25) is 0 Å². The first kappa shape index (κ1) is 16.0. The Balaban J connectivity index is 2.06. The van der Waals surface area contributed by atoms with Crippen molar-refractivity contribution >= 4 is 38.6 Å². The van der Waals surface area contributed by atoms with Crippen molar-refractivity contribution in [2.75, 3.05) is 0 Å². The second-order valence-corrected chi connectivity index (χ2v) is 8.09. The van der Waals surface area contributed by atoms with Gasteiger partial charge >= 0.3 is 0 Å². The summed E-state index contributed by atoms with van der Waals surface area (Å²) in [6, 6.07) is 6.51. The second-order valence-electron chi connectivity index (χ2n) is 4.48. The molecule has 1 heterocycles. The Morgan fingerprint density at radius 1 is 1.38 bits per heavy atom. The minimum absolute atomic E-state index is 0.190. The highest BCUT2D eigenvalue weighted by Gasteiger charge is 2.14. The van der Waals surface area contributed by atoms with Gasteiger partial charge < -0.3 is 5.73 Å². The van der Waals surface area contributed by atoms with E-state index < -0.39 is 10.0 Å². The van der Waals surface area contributed by atoms with E-state index >= 15 is 0 Å². The third-order valence-corrected chi connectivity index (χ3v) is 5.17. The highest BCUT2D eigenvalue weighted by molar-refractivity contribution is 7.89. The molecule has 0 fully saturated rings. The maximum Gasteiger partial charge on any atom is 0.240 e. The first-order valence-corrected chi connectivity index (χ1v) is 8.86. The molecule has 5 nitrogen and oxygen atoms in total. The predicted octanol–water partition coefficient (Wildman–Crippen LogP) is 1.76. The van der Waals surface area contributed by atoms with E-state index in [1.165, 1.54) is 11.3 Å². The van der Waals surface area contributed by atoms with Crippen LogP contribution in [-0.2, 0) is 23.0 Å². The van der Waals surface area contributed by atoms with E-state index in [0.29, 0.717) is 11.4 Å². The molecule has 0 amide bonds. The number of thiocarbonyl (C=S) groups is 1. The predicted molar refractivity (Wildman–Crippen MR) is 87.8 cm³/mol. The molecule has 2 aromatic rings. The zero-order valence-electron chi connectivity index (χ0n) is 11.4.